The first-order chi connectivity index (χ1) is 14.1. The molecule has 3 aromatic rings. The van der Waals surface area contributed by atoms with Gasteiger partial charge in [0.2, 0.25) is 5.91 Å². The monoisotopic (exact) mass is 393 g/mol. The molecule has 4 rings (SSSR count). The number of nitrogens with one attached hydrogen (secondary N) is 1. The fourth-order valence-corrected chi connectivity index (χ4v) is 3.68. The number of likely N-dealkylation sites (tertiary alicyclic amines) is 1. The minimum atomic E-state index is -0.503. The predicted octanol–water partition coefficient (Wildman–Crippen LogP) is 2.48. The highest BCUT2D eigenvalue weighted by Gasteiger charge is 2.33. The number of carbonyl (C=O) groups excluding carboxylic acids is 2. The van der Waals surface area contributed by atoms with Crippen molar-refractivity contribution in [3.63, 3.8) is 0 Å². The summed E-state index contributed by atoms with van der Waals surface area (Å²) in [5.41, 5.74) is 0.877. The number of hydrogen-bond acceptors (Lipinski definition) is 5. The van der Waals surface area contributed by atoms with E-state index in [0.29, 0.717) is 19.5 Å². The van der Waals surface area contributed by atoms with Crippen LogP contribution in [0, 0.1) is 6.92 Å². The van der Waals surface area contributed by atoms with E-state index < -0.39 is 6.04 Å². The molecule has 1 N–H and O–H groups in total. The topological polar surface area (TPSA) is 93.3 Å². The summed E-state index contributed by atoms with van der Waals surface area (Å²) in [6.07, 6.45) is 9.16. The number of amides is 2. The predicted molar refractivity (Wildman–Crippen MR) is 105 cm³/mol. The van der Waals surface area contributed by atoms with Crippen LogP contribution in [0.5, 0.6) is 0 Å². The second-order valence-corrected chi connectivity index (χ2v) is 7.04. The first-order valence-electron chi connectivity index (χ1n) is 9.71. The Hall–Kier alpha value is -3.42. The van der Waals surface area contributed by atoms with Crippen molar-refractivity contribution in [2.24, 2.45) is 0 Å². The maximum Gasteiger partial charge on any atom is 0.290 e. The highest BCUT2D eigenvalue weighted by molar-refractivity contribution is 5.95. The molecule has 150 valence electrons. The standard InChI is InChI=1S/C21H23N5O3/c1-15-22-10-12-25(15)19-16(6-4-9-23-19)14-24-20(27)17-7-2-3-11-26(17)21(28)18-8-5-13-29-18/h4-6,8-10,12-13,17H,2-3,7,11,14H2,1H3,(H,24,27). The van der Waals surface area contributed by atoms with E-state index in [1.807, 2.05) is 29.8 Å². The fraction of sp³-hybridized carbons (Fsp3) is 0.333. The van der Waals surface area contributed by atoms with Gasteiger partial charge in [-0.25, -0.2) is 9.97 Å². The summed E-state index contributed by atoms with van der Waals surface area (Å²) < 4.78 is 7.12. The van der Waals surface area contributed by atoms with E-state index in [4.69, 9.17) is 4.42 Å². The molecule has 0 aliphatic carbocycles. The summed E-state index contributed by atoms with van der Waals surface area (Å²) >= 11 is 0. The van der Waals surface area contributed by atoms with Gasteiger partial charge in [-0.2, -0.15) is 0 Å². The highest BCUT2D eigenvalue weighted by atomic mass is 16.3. The first kappa shape index (κ1) is 18.9. The largest absolute Gasteiger partial charge is 0.459 e. The molecule has 8 nitrogen and oxygen atoms in total. The van der Waals surface area contributed by atoms with Crippen LogP contribution in [0.4, 0.5) is 0 Å². The van der Waals surface area contributed by atoms with Crippen LogP contribution < -0.4 is 5.32 Å². The normalized spacial score (nSPS) is 16.6. The number of hydrogen-bond donors (Lipinski definition) is 1. The Balaban J connectivity index is 1.48. The molecule has 29 heavy (non-hydrogen) atoms. The summed E-state index contributed by atoms with van der Waals surface area (Å²) in [5, 5.41) is 2.98. The van der Waals surface area contributed by atoms with Gasteiger partial charge in [-0.3, -0.25) is 14.2 Å². The summed E-state index contributed by atoms with van der Waals surface area (Å²) in [7, 11) is 0. The van der Waals surface area contributed by atoms with Gasteiger partial charge in [0, 0.05) is 37.2 Å². The van der Waals surface area contributed by atoms with Gasteiger partial charge >= 0.3 is 0 Å². The Labute approximate surface area is 168 Å². The van der Waals surface area contributed by atoms with Crippen LogP contribution in [0.1, 0.15) is 41.2 Å². The lowest BCUT2D eigenvalue weighted by Gasteiger charge is -2.34. The third-order valence-electron chi connectivity index (χ3n) is 5.17. The highest BCUT2D eigenvalue weighted by Crippen LogP contribution is 2.21. The van der Waals surface area contributed by atoms with Crippen molar-refractivity contribution in [1.29, 1.82) is 0 Å². The SMILES string of the molecule is Cc1nccn1-c1ncccc1CNC(=O)C1CCCCN1C(=O)c1ccco1. The van der Waals surface area contributed by atoms with Gasteiger partial charge in [-0.1, -0.05) is 6.07 Å². The Morgan fingerprint density at radius 3 is 2.86 bits per heavy atom. The number of nitrogens with zero attached hydrogens (tertiary/aromatic N) is 4. The van der Waals surface area contributed by atoms with Gasteiger partial charge in [0.25, 0.3) is 5.91 Å². The zero-order valence-corrected chi connectivity index (χ0v) is 16.2. The first-order valence-corrected chi connectivity index (χ1v) is 9.71. The molecule has 1 aliphatic rings. The molecular weight excluding hydrogens is 370 g/mol. The van der Waals surface area contributed by atoms with E-state index in [2.05, 4.69) is 15.3 Å². The molecule has 3 aromatic heterocycles. The Morgan fingerprint density at radius 1 is 1.21 bits per heavy atom. The van der Waals surface area contributed by atoms with Crippen LogP contribution in [0.25, 0.3) is 5.82 Å². The van der Waals surface area contributed by atoms with Gasteiger partial charge in [0.15, 0.2) is 5.76 Å². The molecule has 0 aromatic carbocycles. The van der Waals surface area contributed by atoms with Crippen LogP contribution in [0.2, 0.25) is 0 Å². The zero-order valence-electron chi connectivity index (χ0n) is 16.2. The second kappa shape index (κ2) is 8.30. The fourth-order valence-electron chi connectivity index (χ4n) is 3.68. The lowest BCUT2D eigenvalue weighted by atomic mass is 10.0. The average Bonchev–Trinajstić information content (AvgIpc) is 3.44. The van der Waals surface area contributed by atoms with Gasteiger partial charge in [0.1, 0.15) is 17.7 Å². The number of rotatable bonds is 5. The van der Waals surface area contributed by atoms with Gasteiger partial charge in [-0.05, 0) is 44.4 Å². The quantitative estimate of drug-likeness (QED) is 0.719. The molecule has 1 aliphatic heterocycles. The third kappa shape index (κ3) is 3.91. The molecule has 2 amide bonds. The van der Waals surface area contributed by atoms with Crippen LogP contribution in [0.15, 0.2) is 53.5 Å². The molecule has 1 saturated heterocycles. The molecule has 0 radical (unpaired) electrons. The van der Waals surface area contributed by atoms with E-state index in [9.17, 15) is 9.59 Å². The van der Waals surface area contributed by atoms with Crippen LogP contribution >= 0.6 is 0 Å². The van der Waals surface area contributed by atoms with E-state index in [1.54, 1.807) is 29.4 Å². The van der Waals surface area contributed by atoms with Gasteiger partial charge in [0.05, 0.1) is 6.26 Å². The average molecular weight is 393 g/mol. The second-order valence-electron chi connectivity index (χ2n) is 7.04. The van der Waals surface area contributed by atoms with Crippen LogP contribution in [0.3, 0.4) is 0 Å². The van der Waals surface area contributed by atoms with Crippen molar-refractivity contribution in [3.05, 3.63) is 66.3 Å². The van der Waals surface area contributed by atoms with Gasteiger partial charge in [-0.15, -0.1) is 0 Å². The van der Waals surface area contributed by atoms with E-state index in [1.165, 1.54) is 6.26 Å². The molecule has 1 unspecified atom stereocenters. The summed E-state index contributed by atoms with van der Waals surface area (Å²) in [6, 6.07) is 6.56. The number of furan rings is 1. The molecule has 1 atom stereocenters. The van der Waals surface area contributed by atoms with Crippen LogP contribution in [-0.2, 0) is 11.3 Å². The zero-order chi connectivity index (χ0) is 20.2. The van der Waals surface area contributed by atoms with E-state index >= 15 is 0 Å². The molecular formula is C21H23N5O3. The number of aromatic nitrogens is 3. The van der Waals surface area contributed by atoms with Crippen molar-refractivity contribution in [3.8, 4) is 5.82 Å². The number of piperidine rings is 1. The summed E-state index contributed by atoms with van der Waals surface area (Å²) in [6.45, 7) is 2.76. The Bertz CT molecular complexity index is 995. The number of pyridine rings is 1. The molecule has 0 saturated carbocycles. The smallest absolute Gasteiger partial charge is 0.290 e. The van der Waals surface area contributed by atoms with Crippen LogP contribution in [-0.4, -0.2) is 43.8 Å². The molecule has 1 fully saturated rings. The van der Waals surface area contributed by atoms with E-state index in [-0.39, 0.29) is 17.6 Å². The molecule has 4 heterocycles. The van der Waals surface area contributed by atoms with Crippen molar-refractivity contribution in [2.75, 3.05) is 6.54 Å². The summed E-state index contributed by atoms with van der Waals surface area (Å²) in [4.78, 5) is 36.0. The molecule has 0 spiro atoms. The minimum absolute atomic E-state index is 0.165. The Morgan fingerprint density at radius 2 is 2.10 bits per heavy atom. The lowest BCUT2D eigenvalue weighted by Crippen LogP contribution is -2.51. The van der Waals surface area contributed by atoms with Crippen molar-refractivity contribution >= 4 is 11.8 Å². The lowest BCUT2D eigenvalue weighted by molar-refractivity contribution is -0.126. The maximum atomic E-state index is 12.9. The molecule has 8 heteroatoms. The number of carbonyl (C=O) groups is 2. The number of aryl methyl sites for hydroxylation is 1. The minimum Gasteiger partial charge on any atom is -0.459 e. The maximum absolute atomic E-state index is 12.9. The van der Waals surface area contributed by atoms with Crippen molar-refractivity contribution in [2.45, 2.75) is 38.8 Å². The molecule has 0 bridgehead atoms. The van der Waals surface area contributed by atoms with Crippen molar-refractivity contribution in [1.82, 2.24) is 24.8 Å². The van der Waals surface area contributed by atoms with Gasteiger partial charge < -0.3 is 14.6 Å². The number of imidazole rings is 1. The third-order valence-corrected chi connectivity index (χ3v) is 5.17. The Kier molecular flexibility index (Phi) is 5.41. The van der Waals surface area contributed by atoms with E-state index in [0.717, 1.165) is 30.0 Å². The van der Waals surface area contributed by atoms with Crippen molar-refractivity contribution < 1.29 is 14.0 Å². The summed E-state index contributed by atoms with van der Waals surface area (Å²) in [5.74, 6) is 1.40.